The van der Waals surface area contributed by atoms with Gasteiger partial charge < -0.3 is 4.42 Å². The van der Waals surface area contributed by atoms with Crippen molar-refractivity contribution in [3.63, 3.8) is 0 Å². The second kappa shape index (κ2) is 1.86. The summed E-state index contributed by atoms with van der Waals surface area (Å²) in [7, 11) is 0. The summed E-state index contributed by atoms with van der Waals surface area (Å²) >= 11 is 0. The van der Waals surface area contributed by atoms with Crippen LogP contribution in [0.4, 0.5) is 13.2 Å². The number of rotatable bonds is 0. The molecule has 0 spiro atoms. The molecule has 0 bridgehead atoms. The standard InChI is InChI=1S/C3F3NO3/c4-3(5,6)1-7-10-2(8)9-1. The largest absolute Gasteiger partial charge is 0.542 e. The van der Waals surface area contributed by atoms with Gasteiger partial charge in [0.1, 0.15) is 0 Å². The first-order valence-electron chi connectivity index (χ1n) is 2.04. The predicted octanol–water partition coefficient (Wildman–Crippen LogP) is 0.647. The fourth-order valence-corrected chi connectivity index (χ4v) is 0.305. The molecule has 0 saturated heterocycles. The number of nitrogens with zero attached hydrogens (tertiary/aromatic N) is 1. The first-order valence-corrected chi connectivity index (χ1v) is 2.04. The van der Waals surface area contributed by atoms with Crippen LogP contribution in [0.5, 0.6) is 0 Å². The minimum atomic E-state index is -4.76. The number of halogens is 3. The van der Waals surface area contributed by atoms with Gasteiger partial charge >= 0.3 is 17.9 Å². The molecule has 1 rings (SSSR count). The molecule has 0 aliphatic heterocycles. The van der Waals surface area contributed by atoms with Crippen LogP contribution in [0.25, 0.3) is 0 Å². The van der Waals surface area contributed by atoms with Gasteiger partial charge in [0.25, 0.3) is 0 Å². The maximum absolute atomic E-state index is 11.4. The van der Waals surface area contributed by atoms with Gasteiger partial charge in [0, 0.05) is 0 Å². The molecule has 10 heavy (non-hydrogen) atoms. The van der Waals surface area contributed by atoms with Gasteiger partial charge in [-0.3, -0.25) is 4.52 Å². The lowest BCUT2D eigenvalue weighted by molar-refractivity contribution is -0.158. The molecule has 0 saturated carbocycles. The highest BCUT2D eigenvalue weighted by Crippen LogP contribution is 2.25. The molecule has 4 nitrogen and oxygen atoms in total. The van der Waals surface area contributed by atoms with Crippen molar-refractivity contribution in [3.8, 4) is 0 Å². The lowest BCUT2D eigenvalue weighted by Gasteiger charge is -1.94. The molecule has 0 radical (unpaired) electrons. The fraction of sp³-hybridized carbons (Fsp3) is 0.333. The Balaban J connectivity index is 3.07. The van der Waals surface area contributed by atoms with E-state index in [0.717, 1.165) is 0 Å². The zero-order valence-corrected chi connectivity index (χ0v) is 4.31. The molecule has 0 fully saturated rings. The first-order chi connectivity index (χ1) is 4.50. The van der Waals surface area contributed by atoms with Crippen LogP contribution in [0.3, 0.4) is 0 Å². The Labute approximate surface area is 51.2 Å². The van der Waals surface area contributed by atoms with E-state index in [9.17, 15) is 18.0 Å². The highest BCUT2D eigenvalue weighted by atomic mass is 19.4. The van der Waals surface area contributed by atoms with Gasteiger partial charge in [-0.15, -0.1) is 0 Å². The SMILES string of the molecule is O=c1onc(C(F)(F)F)o1. The Bertz CT molecular complexity index is 271. The van der Waals surface area contributed by atoms with Crippen molar-refractivity contribution in [1.29, 1.82) is 0 Å². The molecular formula is C3F3NO3. The summed E-state index contributed by atoms with van der Waals surface area (Å²) in [5.74, 6) is -3.13. The van der Waals surface area contributed by atoms with Crippen molar-refractivity contribution in [2.24, 2.45) is 0 Å². The minimum absolute atomic E-state index is 1.47. The van der Waals surface area contributed by atoms with E-state index in [4.69, 9.17) is 0 Å². The molecule has 0 amide bonds. The summed E-state index contributed by atoms with van der Waals surface area (Å²) in [5.41, 5.74) is 0. The van der Waals surface area contributed by atoms with E-state index in [1.165, 1.54) is 0 Å². The quantitative estimate of drug-likeness (QED) is 0.551. The van der Waals surface area contributed by atoms with Crippen LogP contribution in [0, 0.1) is 0 Å². The van der Waals surface area contributed by atoms with Crippen molar-refractivity contribution >= 4 is 0 Å². The average Bonchev–Trinajstić information content (AvgIpc) is 2.11. The van der Waals surface area contributed by atoms with E-state index in [1.807, 2.05) is 0 Å². The van der Waals surface area contributed by atoms with Crippen LogP contribution in [0.2, 0.25) is 0 Å². The third kappa shape index (κ3) is 1.17. The molecule has 0 N–H and O–H groups in total. The highest BCUT2D eigenvalue weighted by molar-refractivity contribution is 4.77. The minimum Gasteiger partial charge on any atom is -0.366 e. The predicted molar refractivity (Wildman–Crippen MR) is 20.0 cm³/mol. The van der Waals surface area contributed by atoms with E-state index in [1.54, 1.807) is 0 Å². The van der Waals surface area contributed by atoms with Crippen molar-refractivity contribution in [1.82, 2.24) is 5.16 Å². The smallest absolute Gasteiger partial charge is 0.366 e. The zero-order chi connectivity index (χ0) is 7.78. The first kappa shape index (κ1) is 6.84. The van der Waals surface area contributed by atoms with Gasteiger partial charge in [0.05, 0.1) is 0 Å². The van der Waals surface area contributed by atoms with Crippen LogP contribution in [0.1, 0.15) is 5.89 Å². The van der Waals surface area contributed by atoms with Crippen LogP contribution in [-0.2, 0) is 6.18 Å². The summed E-state index contributed by atoms with van der Waals surface area (Å²) in [4.78, 5) is 9.84. The topological polar surface area (TPSA) is 56.2 Å². The van der Waals surface area contributed by atoms with Crippen LogP contribution in [-0.4, -0.2) is 5.16 Å². The summed E-state index contributed by atoms with van der Waals surface area (Å²) in [6.07, 6.45) is -4.76. The van der Waals surface area contributed by atoms with E-state index in [-0.39, 0.29) is 0 Å². The number of hydrogen-bond donors (Lipinski definition) is 0. The summed E-state index contributed by atoms with van der Waals surface area (Å²) in [5, 5.41) is 2.31. The Kier molecular flexibility index (Phi) is 1.27. The second-order valence-corrected chi connectivity index (χ2v) is 1.34. The van der Waals surface area contributed by atoms with E-state index < -0.39 is 17.9 Å². The van der Waals surface area contributed by atoms with Crippen LogP contribution < -0.4 is 5.82 Å². The molecule has 0 aliphatic carbocycles. The van der Waals surface area contributed by atoms with Gasteiger partial charge in [-0.25, -0.2) is 4.79 Å². The number of alkyl halides is 3. The lowest BCUT2D eigenvalue weighted by atomic mass is 10.7. The van der Waals surface area contributed by atoms with Gasteiger partial charge in [-0.2, -0.15) is 13.2 Å². The Morgan fingerprint density at radius 3 is 2.20 bits per heavy atom. The molecule has 1 heterocycles. The van der Waals surface area contributed by atoms with E-state index in [2.05, 4.69) is 14.1 Å². The molecule has 0 atom stereocenters. The van der Waals surface area contributed by atoms with Gasteiger partial charge in [0.2, 0.25) is 0 Å². The molecule has 0 aromatic carbocycles. The fourth-order valence-electron chi connectivity index (χ4n) is 0.305. The molecule has 0 unspecified atom stereocenters. The number of hydrogen-bond acceptors (Lipinski definition) is 4. The van der Waals surface area contributed by atoms with Crippen LogP contribution in [0.15, 0.2) is 13.7 Å². The summed E-state index contributed by atoms with van der Waals surface area (Å²) in [6.45, 7) is 0. The summed E-state index contributed by atoms with van der Waals surface area (Å²) in [6, 6.07) is 0. The molecule has 1 aromatic heterocycles. The number of aromatic nitrogens is 1. The third-order valence-electron chi connectivity index (χ3n) is 0.626. The summed E-state index contributed by atoms with van der Waals surface area (Å²) < 4.78 is 41.3. The normalized spacial score (nSPS) is 11.9. The molecule has 56 valence electrons. The van der Waals surface area contributed by atoms with E-state index in [0.29, 0.717) is 0 Å². The Morgan fingerprint density at radius 2 is 2.00 bits per heavy atom. The van der Waals surface area contributed by atoms with Crippen molar-refractivity contribution < 1.29 is 22.1 Å². The monoisotopic (exact) mass is 155 g/mol. The Hall–Kier alpha value is -1.27. The van der Waals surface area contributed by atoms with Crippen molar-refractivity contribution in [2.75, 3.05) is 0 Å². The Morgan fingerprint density at radius 1 is 1.40 bits per heavy atom. The zero-order valence-electron chi connectivity index (χ0n) is 4.31. The van der Waals surface area contributed by atoms with E-state index >= 15 is 0 Å². The highest BCUT2D eigenvalue weighted by Gasteiger charge is 2.38. The third-order valence-corrected chi connectivity index (χ3v) is 0.626. The molecule has 0 aliphatic rings. The molecule has 7 heteroatoms. The molecular weight excluding hydrogens is 155 g/mol. The van der Waals surface area contributed by atoms with Gasteiger partial charge in [-0.1, -0.05) is 0 Å². The maximum atomic E-state index is 11.4. The van der Waals surface area contributed by atoms with Crippen molar-refractivity contribution in [3.05, 3.63) is 16.5 Å². The van der Waals surface area contributed by atoms with Gasteiger partial charge in [-0.05, 0) is 5.16 Å². The van der Waals surface area contributed by atoms with Crippen molar-refractivity contribution in [2.45, 2.75) is 6.18 Å². The van der Waals surface area contributed by atoms with Gasteiger partial charge in [0.15, 0.2) is 0 Å². The average molecular weight is 155 g/mol. The second-order valence-electron chi connectivity index (χ2n) is 1.34. The lowest BCUT2D eigenvalue weighted by Crippen LogP contribution is -2.05. The van der Waals surface area contributed by atoms with Crippen LogP contribution >= 0.6 is 0 Å². The molecule has 1 aromatic rings. The maximum Gasteiger partial charge on any atom is 0.542 e.